The molecule has 0 saturated carbocycles. The number of anilines is 1. The molecular weight excluding hydrogens is 226 g/mol. The maximum absolute atomic E-state index is 10.4. The highest BCUT2D eigenvalue weighted by Crippen LogP contribution is 2.21. The summed E-state index contributed by atoms with van der Waals surface area (Å²) in [5.41, 5.74) is 0.859. The third kappa shape index (κ3) is 2.85. The number of rotatable bonds is 3. The van der Waals surface area contributed by atoms with Gasteiger partial charge in [0.1, 0.15) is 0 Å². The van der Waals surface area contributed by atoms with E-state index in [0.717, 1.165) is 17.9 Å². The first-order valence-electron chi connectivity index (χ1n) is 5.20. The van der Waals surface area contributed by atoms with Crippen LogP contribution in [0.1, 0.15) is 12.8 Å². The van der Waals surface area contributed by atoms with Crippen LogP contribution in [0.4, 0.5) is 11.5 Å². The lowest BCUT2D eigenvalue weighted by atomic mass is 10.2. The zero-order valence-corrected chi connectivity index (χ0v) is 9.57. The predicted octanol–water partition coefficient (Wildman–Crippen LogP) is 2.30. The standard InChI is InChI=1S/C10H13N3O2S/c14-13(15)10-4-3-8(6-11-10)12-9-2-1-5-16-7-9/h3-4,6,9,12H,1-2,5,7H2/t9-/m0/s1. The lowest BCUT2D eigenvalue weighted by Gasteiger charge is -2.22. The van der Waals surface area contributed by atoms with E-state index in [1.165, 1.54) is 24.4 Å². The van der Waals surface area contributed by atoms with E-state index < -0.39 is 4.92 Å². The first kappa shape index (κ1) is 11.2. The molecule has 0 aliphatic carbocycles. The Morgan fingerprint density at radius 2 is 2.44 bits per heavy atom. The maximum atomic E-state index is 10.4. The van der Waals surface area contributed by atoms with Crippen molar-refractivity contribution in [1.82, 2.24) is 4.98 Å². The van der Waals surface area contributed by atoms with Gasteiger partial charge in [-0.25, -0.2) is 0 Å². The van der Waals surface area contributed by atoms with Crippen molar-refractivity contribution in [3.63, 3.8) is 0 Å². The van der Waals surface area contributed by atoms with Crippen molar-refractivity contribution in [3.8, 4) is 0 Å². The summed E-state index contributed by atoms with van der Waals surface area (Å²) in [5, 5.41) is 13.8. The van der Waals surface area contributed by atoms with Gasteiger partial charge < -0.3 is 15.4 Å². The molecule has 0 radical (unpaired) electrons. The molecule has 1 saturated heterocycles. The van der Waals surface area contributed by atoms with E-state index in [2.05, 4.69) is 10.3 Å². The van der Waals surface area contributed by atoms with Gasteiger partial charge in [-0.2, -0.15) is 11.8 Å². The SMILES string of the molecule is O=[N+]([O-])c1ccc(N[C@H]2CCCSC2)cn1. The largest absolute Gasteiger partial charge is 0.378 e. The second-order valence-electron chi connectivity index (χ2n) is 3.72. The highest BCUT2D eigenvalue weighted by Gasteiger charge is 2.14. The number of hydrogen-bond donors (Lipinski definition) is 1. The number of nitrogens with zero attached hydrogens (tertiary/aromatic N) is 2. The molecule has 2 heterocycles. The van der Waals surface area contributed by atoms with Crippen molar-refractivity contribution in [3.05, 3.63) is 28.4 Å². The summed E-state index contributed by atoms with van der Waals surface area (Å²) in [5.74, 6) is 2.22. The number of aromatic nitrogens is 1. The lowest BCUT2D eigenvalue weighted by molar-refractivity contribution is -0.389. The van der Waals surface area contributed by atoms with Crippen molar-refractivity contribution in [2.75, 3.05) is 16.8 Å². The molecule has 1 fully saturated rings. The molecule has 0 aromatic carbocycles. The van der Waals surface area contributed by atoms with Crippen LogP contribution in [-0.4, -0.2) is 27.5 Å². The zero-order valence-electron chi connectivity index (χ0n) is 8.76. The molecule has 2 rings (SSSR count). The van der Waals surface area contributed by atoms with Crippen molar-refractivity contribution >= 4 is 23.3 Å². The molecule has 1 aliphatic rings. The third-order valence-corrected chi connectivity index (χ3v) is 3.68. The first-order chi connectivity index (χ1) is 7.75. The van der Waals surface area contributed by atoms with E-state index in [-0.39, 0.29) is 5.82 Å². The highest BCUT2D eigenvalue weighted by molar-refractivity contribution is 7.99. The van der Waals surface area contributed by atoms with Crippen LogP contribution in [0.25, 0.3) is 0 Å². The molecule has 0 amide bonds. The van der Waals surface area contributed by atoms with E-state index in [1.54, 1.807) is 6.07 Å². The lowest BCUT2D eigenvalue weighted by Crippen LogP contribution is -2.25. The minimum absolute atomic E-state index is 0.108. The van der Waals surface area contributed by atoms with Crippen LogP contribution < -0.4 is 5.32 Å². The molecular formula is C10H13N3O2S. The van der Waals surface area contributed by atoms with Crippen molar-refractivity contribution in [2.45, 2.75) is 18.9 Å². The summed E-state index contributed by atoms with van der Waals surface area (Å²) in [6.07, 6.45) is 3.91. The van der Waals surface area contributed by atoms with Gasteiger partial charge in [-0.15, -0.1) is 0 Å². The summed E-state index contributed by atoms with van der Waals surface area (Å²) >= 11 is 1.94. The minimum Gasteiger partial charge on any atom is -0.378 e. The van der Waals surface area contributed by atoms with Gasteiger partial charge >= 0.3 is 5.82 Å². The Balaban J connectivity index is 1.96. The third-order valence-electron chi connectivity index (χ3n) is 2.47. The first-order valence-corrected chi connectivity index (χ1v) is 6.36. The molecule has 1 aromatic heterocycles. The molecule has 1 aromatic rings. The fourth-order valence-corrected chi connectivity index (χ4v) is 2.74. The van der Waals surface area contributed by atoms with Gasteiger partial charge in [0.25, 0.3) is 0 Å². The summed E-state index contributed by atoms with van der Waals surface area (Å²) in [4.78, 5) is 13.7. The Morgan fingerprint density at radius 3 is 3.00 bits per heavy atom. The van der Waals surface area contributed by atoms with Gasteiger partial charge in [-0.3, -0.25) is 0 Å². The molecule has 0 unspecified atom stereocenters. The Morgan fingerprint density at radius 1 is 1.56 bits per heavy atom. The number of nitro groups is 1. The zero-order chi connectivity index (χ0) is 11.4. The molecule has 86 valence electrons. The van der Waals surface area contributed by atoms with Crippen molar-refractivity contribution in [1.29, 1.82) is 0 Å². The fraction of sp³-hybridized carbons (Fsp3) is 0.500. The van der Waals surface area contributed by atoms with Crippen LogP contribution in [0.5, 0.6) is 0 Å². The van der Waals surface area contributed by atoms with Crippen LogP contribution in [0.2, 0.25) is 0 Å². The van der Waals surface area contributed by atoms with E-state index in [1.807, 2.05) is 11.8 Å². The van der Waals surface area contributed by atoms with Crippen LogP contribution in [0, 0.1) is 10.1 Å². The van der Waals surface area contributed by atoms with Gasteiger partial charge in [-0.05, 0) is 34.6 Å². The number of hydrogen-bond acceptors (Lipinski definition) is 5. The Kier molecular flexibility index (Phi) is 3.61. The van der Waals surface area contributed by atoms with E-state index in [4.69, 9.17) is 0 Å². The molecule has 5 nitrogen and oxygen atoms in total. The predicted molar refractivity (Wildman–Crippen MR) is 64.9 cm³/mol. The second kappa shape index (κ2) is 5.16. The number of nitrogens with one attached hydrogen (secondary N) is 1. The summed E-state index contributed by atoms with van der Waals surface area (Å²) in [7, 11) is 0. The van der Waals surface area contributed by atoms with Crippen LogP contribution in [0.3, 0.4) is 0 Å². The van der Waals surface area contributed by atoms with Crippen LogP contribution >= 0.6 is 11.8 Å². The van der Waals surface area contributed by atoms with Gasteiger partial charge in [0.2, 0.25) is 0 Å². The summed E-state index contributed by atoms with van der Waals surface area (Å²) in [6, 6.07) is 3.60. The fourth-order valence-electron chi connectivity index (χ4n) is 1.67. The average molecular weight is 239 g/mol. The number of thioether (sulfide) groups is 1. The second-order valence-corrected chi connectivity index (χ2v) is 4.87. The topological polar surface area (TPSA) is 68.1 Å². The Labute approximate surface area is 97.8 Å². The van der Waals surface area contributed by atoms with Gasteiger partial charge in [0, 0.05) is 17.9 Å². The Bertz CT molecular complexity index is 363. The van der Waals surface area contributed by atoms with Gasteiger partial charge in [0.05, 0.1) is 5.69 Å². The van der Waals surface area contributed by atoms with Crippen LogP contribution in [-0.2, 0) is 0 Å². The van der Waals surface area contributed by atoms with Crippen molar-refractivity contribution < 1.29 is 4.92 Å². The molecule has 6 heteroatoms. The minimum atomic E-state index is -0.486. The molecule has 0 bridgehead atoms. The smallest absolute Gasteiger partial charge is 0.363 e. The van der Waals surface area contributed by atoms with Gasteiger partial charge in [0.15, 0.2) is 6.20 Å². The molecule has 0 spiro atoms. The quantitative estimate of drug-likeness (QED) is 0.647. The monoisotopic (exact) mass is 239 g/mol. The highest BCUT2D eigenvalue weighted by atomic mass is 32.2. The van der Waals surface area contributed by atoms with Crippen LogP contribution in [0.15, 0.2) is 18.3 Å². The average Bonchev–Trinajstić information content (AvgIpc) is 2.31. The molecule has 1 N–H and O–H groups in total. The molecule has 1 atom stereocenters. The van der Waals surface area contributed by atoms with E-state index in [0.29, 0.717) is 6.04 Å². The molecule has 16 heavy (non-hydrogen) atoms. The summed E-state index contributed by atoms with van der Waals surface area (Å²) in [6.45, 7) is 0. The van der Waals surface area contributed by atoms with Gasteiger partial charge in [-0.1, -0.05) is 0 Å². The van der Waals surface area contributed by atoms with Crippen molar-refractivity contribution in [2.24, 2.45) is 0 Å². The molecule has 1 aliphatic heterocycles. The number of pyridine rings is 1. The van der Waals surface area contributed by atoms with E-state index in [9.17, 15) is 10.1 Å². The summed E-state index contributed by atoms with van der Waals surface area (Å²) < 4.78 is 0. The maximum Gasteiger partial charge on any atom is 0.363 e. The van der Waals surface area contributed by atoms with E-state index >= 15 is 0 Å². The normalized spacial score (nSPS) is 20.4. The Hall–Kier alpha value is -1.30.